The molecule has 0 aliphatic rings. The normalized spacial score (nSPS) is 12.2. The summed E-state index contributed by atoms with van der Waals surface area (Å²) in [5, 5.41) is 12.1. The topological polar surface area (TPSA) is 32.6 Å². The van der Waals surface area contributed by atoms with Gasteiger partial charge in [0.25, 0.3) is 0 Å². The highest BCUT2D eigenvalue weighted by Crippen LogP contribution is 2.45. The Balaban J connectivity index is 0.947. The minimum absolute atomic E-state index is 0.842. The highest BCUT2D eigenvalue weighted by atomic mass is 32.1. The Morgan fingerprint density at radius 2 is 0.597 bits per heavy atom. The molecule has 0 unspecified atom stereocenters. The molecule has 0 radical (unpaired) electrons. The fraction of sp³-hybridized carbons (Fsp3) is 0. The second-order valence-corrected chi connectivity index (χ2v) is 21.4. The van der Waals surface area contributed by atoms with E-state index in [1.165, 1.54) is 85.5 Å². The van der Waals surface area contributed by atoms with E-state index in [4.69, 9.17) is 4.98 Å². The predicted molar refractivity (Wildman–Crippen MR) is 325 cm³/mol. The lowest BCUT2D eigenvalue weighted by molar-refractivity contribution is 0.997. The average molecular weight is 998 g/mol. The van der Waals surface area contributed by atoms with Crippen LogP contribution in [0.15, 0.2) is 261 Å². The molecule has 0 aliphatic heterocycles. The molecule has 77 heavy (non-hydrogen) atoms. The van der Waals surface area contributed by atoms with Gasteiger partial charge < -0.3 is 9.13 Å². The Bertz CT molecular complexity index is 5060. The van der Waals surface area contributed by atoms with Gasteiger partial charge in [0.1, 0.15) is 11.6 Å². The molecule has 17 aromatic rings. The molecule has 0 saturated carbocycles. The molecular weight excluding hydrogens is 955 g/mol. The second-order valence-electron chi connectivity index (χ2n) is 20.3. The first-order valence-electron chi connectivity index (χ1n) is 26.3. The van der Waals surface area contributed by atoms with Crippen molar-refractivity contribution in [1.82, 2.24) is 23.3 Å². The van der Waals surface area contributed by atoms with Crippen LogP contribution in [0.1, 0.15) is 0 Å². The van der Waals surface area contributed by atoms with Crippen molar-refractivity contribution in [2.24, 2.45) is 0 Å². The van der Waals surface area contributed by atoms with Crippen LogP contribution in [-0.4, -0.2) is 23.3 Å². The Hall–Kier alpha value is -10.0. The molecule has 0 atom stereocenters. The number of hydrogen-bond donors (Lipinski definition) is 0. The van der Waals surface area contributed by atoms with Gasteiger partial charge >= 0.3 is 0 Å². The van der Waals surface area contributed by atoms with Crippen molar-refractivity contribution >= 4 is 119 Å². The summed E-state index contributed by atoms with van der Waals surface area (Å²) in [4.78, 5) is 5.75. The van der Waals surface area contributed by atoms with Crippen molar-refractivity contribution < 1.29 is 0 Å². The zero-order valence-electron chi connectivity index (χ0n) is 41.5. The van der Waals surface area contributed by atoms with Gasteiger partial charge in [0.2, 0.25) is 0 Å². The lowest BCUT2D eigenvalue weighted by Crippen LogP contribution is -2.07. The first kappa shape index (κ1) is 42.4. The largest absolute Gasteiger partial charge is 0.307 e. The predicted octanol–water partition coefficient (Wildman–Crippen LogP) is 19.2. The fourth-order valence-electron chi connectivity index (χ4n) is 12.8. The first-order valence-corrected chi connectivity index (χ1v) is 27.1. The molecule has 6 aromatic heterocycles. The van der Waals surface area contributed by atoms with Gasteiger partial charge in [0.05, 0.1) is 49.8 Å². The van der Waals surface area contributed by atoms with Gasteiger partial charge in [-0.1, -0.05) is 176 Å². The Kier molecular flexibility index (Phi) is 8.94. The summed E-state index contributed by atoms with van der Waals surface area (Å²) in [6.45, 7) is 0. The maximum Gasteiger partial charge on any atom is 0.142 e. The van der Waals surface area contributed by atoms with Gasteiger partial charge in [-0.05, 0) is 95.1 Å². The van der Waals surface area contributed by atoms with Crippen molar-refractivity contribution in [3.8, 4) is 45.3 Å². The van der Waals surface area contributed by atoms with Crippen LogP contribution < -0.4 is 0 Å². The molecule has 17 rings (SSSR count). The number of rotatable bonds is 6. The number of nitrogens with zero attached hydrogens (tertiary/aromatic N) is 5. The van der Waals surface area contributed by atoms with Crippen LogP contribution >= 0.6 is 11.3 Å². The van der Waals surface area contributed by atoms with Crippen molar-refractivity contribution in [3.05, 3.63) is 261 Å². The molecule has 0 aliphatic carbocycles. The Morgan fingerprint density at radius 3 is 1.06 bits per heavy atom. The van der Waals surface area contributed by atoms with Crippen molar-refractivity contribution in [3.63, 3.8) is 0 Å². The summed E-state index contributed by atoms with van der Waals surface area (Å²) in [5.74, 6) is 1.68. The van der Waals surface area contributed by atoms with Crippen LogP contribution in [-0.2, 0) is 0 Å². The number of thiophene rings is 1. The quantitative estimate of drug-likeness (QED) is 0.163. The van der Waals surface area contributed by atoms with Crippen LogP contribution in [0.3, 0.4) is 0 Å². The Labute approximate surface area is 445 Å². The molecule has 5 nitrogen and oxygen atoms in total. The average Bonchev–Trinajstić information content (AvgIpc) is 4.39. The van der Waals surface area contributed by atoms with Crippen LogP contribution in [0.5, 0.6) is 0 Å². The summed E-state index contributed by atoms with van der Waals surface area (Å²) in [6.07, 6.45) is 0. The molecule has 358 valence electrons. The highest BCUT2D eigenvalue weighted by molar-refractivity contribution is 7.25. The second kappa shape index (κ2) is 16.2. The maximum absolute atomic E-state index is 5.75. The summed E-state index contributed by atoms with van der Waals surface area (Å²) in [7, 11) is 0. The minimum Gasteiger partial charge on any atom is -0.307 e. The molecule has 11 aromatic carbocycles. The third-order valence-corrected chi connectivity index (χ3v) is 17.3. The van der Waals surface area contributed by atoms with Gasteiger partial charge in [-0.2, -0.15) is 0 Å². The summed E-state index contributed by atoms with van der Waals surface area (Å²) >= 11 is 1.86. The molecular formula is C71H43N5S. The van der Waals surface area contributed by atoms with E-state index in [9.17, 15) is 0 Å². The monoisotopic (exact) mass is 997 g/mol. The maximum atomic E-state index is 5.75. The molecule has 6 heterocycles. The molecule has 0 saturated heterocycles. The van der Waals surface area contributed by atoms with Gasteiger partial charge in [0.15, 0.2) is 0 Å². The summed E-state index contributed by atoms with van der Waals surface area (Å²) in [5.41, 5.74) is 16.0. The number of para-hydroxylation sites is 6. The van der Waals surface area contributed by atoms with Crippen LogP contribution in [0.2, 0.25) is 0 Å². The molecule has 0 amide bonds. The molecule has 0 N–H and O–H groups in total. The lowest BCUT2D eigenvalue weighted by atomic mass is 10.00. The van der Waals surface area contributed by atoms with Gasteiger partial charge in [-0.3, -0.25) is 9.13 Å². The van der Waals surface area contributed by atoms with E-state index < -0.39 is 0 Å². The first-order chi connectivity index (χ1) is 38.2. The van der Waals surface area contributed by atoms with E-state index in [2.05, 4.69) is 279 Å². The van der Waals surface area contributed by atoms with Crippen LogP contribution in [0.4, 0.5) is 0 Å². The fourth-order valence-corrected chi connectivity index (χ4v) is 13.9. The van der Waals surface area contributed by atoms with Crippen LogP contribution in [0, 0.1) is 0 Å². The van der Waals surface area contributed by atoms with E-state index in [1.807, 2.05) is 11.3 Å². The smallest absolute Gasteiger partial charge is 0.142 e. The zero-order chi connectivity index (χ0) is 50.3. The van der Waals surface area contributed by atoms with E-state index in [-0.39, 0.29) is 0 Å². The van der Waals surface area contributed by atoms with Crippen LogP contribution in [0.25, 0.3) is 153 Å². The SMILES string of the molecule is c1ccc(-c2ccc3sc4ccc(-c5cccc(-n6c7ccccc7c7ccc8c9ccccc9n(-c9cc(-n%10c%11ccccc%11c%11ccccc%11%10)nc(-n%10c%11ccccc%11c%11ccccc%11%10)c9)c8c76)c5)cc4c3c2)cc1. The minimum atomic E-state index is 0.842. The van der Waals surface area contributed by atoms with E-state index >= 15 is 0 Å². The van der Waals surface area contributed by atoms with E-state index in [0.717, 1.165) is 67.1 Å². The number of hydrogen-bond acceptors (Lipinski definition) is 2. The van der Waals surface area contributed by atoms with Crippen molar-refractivity contribution in [1.29, 1.82) is 0 Å². The van der Waals surface area contributed by atoms with Gasteiger partial charge in [0, 0.05) is 81.1 Å². The van der Waals surface area contributed by atoms with E-state index in [0.29, 0.717) is 0 Å². The third-order valence-electron chi connectivity index (χ3n) is 16.1. The molecule has 6 heteroatoms. The van der Waals surface area contributed by atoms with E-state index in [1.54, 1.807) is 0 Å². The van der Waals surface area contributed by atoms with Crippen molar-refractivity contribution in [2.75, 3.05) is 0 Å². The standard InChI is InChI=1S/C71H43N5S/c1-2-17-44(18-3-1)46-33-37-66-58(40-46)59-41-47(34-38-67(59)77-66)45-19-16-20-48(39-45)73-60-27-10-8-25-54(60)56-35-36-57-55-26-9-11-28-61(55)74(71(57)70(56)73)49-42-68(75-62-29-12-4-21-50(62)51-22-5-13-30-63(51)75)72-69(43-49)76-64-31-14-6-23-52(64)53-24-7-15-32-65(53)76/h1-43H. The highest BCUT2D eigenvalue weighted by Gasteiger charge is 2.24. The number of fused-ring (bicyclic) bond motifs is 16. The van der Waals surface area contributed by atoms with Gasteiger partial charge in [-0.15, -0.1) is 11.3 Å². The van der Waals surface area contributed by atoms with Crippen molar-refractivity contribution in [2.45, 2.75) is 0 Å². The summed E-state index contributed by atoms with van der Waals surface area (Å²) in [6, 6.07) is 95.8. The molecule has 0 spiro atoms. The summed E-state index contributed by atoms with van der Waals surface area (Å²) < 4.78 is 12.3. The van der Waals surface area contributed by atoms with Gasteiger partial charge in [-0.25, -0.2) is 4.98 Å². The zero-order valence-corrected chi connectivity index (χ0v) is 42.3. The number of pyridine rings is 1. The lowest BCUT2D eigenvalue weighted by Gasteiger charge is -2.17. The number of aromatic nitrogens is 5. The Morgan fingerprint density at radius 1 is 0.234 bits per heavy atom. The molecule has 0 fully saturated rings. The molecule has 0 bridgehead atoms. The number of benzene rings is 11. The third kappa shape index (κ3) is 6.19.